The first-order valence-electron chi connectivity index (χ1n) is 7.81. The Hall–Kier alpha value is -0.120. The summed E-state index contributed by atoms with van der Waals surface area (Å²) in [4.78, 5) is 0. The van der Waals surface area contributed by atoms with Gasteiger partial charge in [0.05, 0.1) is 11.2 Å². The largest absolute Gasteiger partial charge is 0.376 e. The quantitative estimate of drug-likeness (QED) is 0.549. The Bertz CT molecular complexity index is 215. The molecule has 0 saturated carbocycles. The van der Waals surface area contributed by atoms with Gasteiger partial charge in [0.2, 0.25) is 0 Å². The molecule has 0 aromatic carbocycles. The van der Waals surface area contributed by atoms with E-state index in [0.717, 1.165) is 51.9 Å². The van der Waals surface area contributed by atoms with E-state index in [1.807, 2.05) is 0 Å². The van der Waals surface area contributed by atoms with Crippen molar-refractivity contribution in [1.82, 2.24) is 0 Å². The van der Waals surface area contributed by atoms with Gasteiger partial charge in [0, 0.05) is 13.2 Å². The van der Waals surface area contributed by atoms with E-state index < -0.39 is 0 Å². The summed E-state index contributed by atoms with van der Waals surface area (Å²) in [5, 5.41) is 0. The van der Waals surface area contributed by atoms with Gasteiger partial charge in [-0.25, -0.2) is 0 Å². The second-order valence-electron chi connectivity index (χ2n) is 6.57. The van der Waals surface area contributed by atoms with Gasteiger partial charge in [-0.1, -0.05) is 13.3 Å². The average Bonchev–Trinajstić information content (AvgIpc) is 2.33. The maximum atomic E-state index is 5.94. The summed E-state index contributed by atoms with van der Waals surface area (Å²) in [7, 11) is 0. The smallest absolute Gasteiger partial charge is 0.0627 e. The van der Waals surface area contributed by atoms with E-state index in [9.17, 15) is 0 Å². The lowest BCUT2D eigenvalue weighted by Gasteiger charge is -2.28. The fourth-order valence-corrected chi connectivity index (χ4v) is 2.01. The Morgan fingerprint density at radius 2 is 1.26 bits per heavy atom. The van der Waals surface area contributed by atoms with Crippen LogP contribution in [0.15, 0.2) is 0 Å². The third-order valence-electron chi connectivity index (χ3n) is 3.39. The standard InChI is InChI=1S/C16H35NO2/c1-6-7-13-18-16(4,5)11-9-14-19-15(2,3)10-8-12-17/h6-14,17H2,1-5H3. The summed E-state index contributed by atoms with van der Waals surface area (Å²) >= 11 is 0. The third-order valence-corrected chi connectivity index (χ3v) is 3.39. The molecule has 0 heterocycles. The Labute approximate surface area is 120 Å². The van der Waals surface area contributed by atoms with Crippen LogP contribution >= 0.6 is 0 Å². The van der Waals surface area contributed by atoms with Crippen LogP contribution in [0.4, 0.5) is 0 Å². The van der Waals surface area contributed by atoms with Gasteiger partial charge in [0.1, 0.15) is 0 Å². The Morgan fingerprint density at radius 1 is 0.789 bits per heavy atom. The summed E-state index contributed by atoms with van der Waals surface area (Å²) in [5.74, 6) is 0. The van der Waals surface area contributed by atoms with E-state index in [4.69, 9.17) is 15.2 Å². The maximum absolute atomic E-state index is 5.94. The molecular weight excluding hydrogens is 238 g/mol. The maximum Gasteiger partial charge on any atom is 0.0627 e. The van der Waals surface area contributed by atoms with Gasteiger partial charge in [0.15, 0.2) is 0 Å². The SMILES string of the molecule is CCCCOC(C)(C)CCCOC(C)(C)CCCN. The highest BCUT2D eigenvalue weighted by atomic mass is 16.5. The lowest BCUT2D eigenvalue weighted by atomic mass is 10.0. The molecule has 0 rings (SSSR count). The fourth-order valence-electron chi connectivity index (χ4n) is 2.01. The predicted molar refractivity (Wildman–Crippen MR) is 82.5 cm³/mol. The van der Waals surface area contributed by atoms with Crippen molar-refractivity contribution in [3.63, 3.8) is 0 Å². The van der Waals surface area contributed by atoms with Crippen LogP contribution in [-0.2, 0) is 9.47 Å². The minimum atomic E-state index is -0.0490. The zero-order chi connectivity index (χ0) is 14.8. The number of hydrogen-bond acceptors (Lipinski definition) is 3. The molecule has 0 bridgehead atoms. The molecular formula is C16H35NO2. The first-order chi connectivity index (χ1) is 8.83. The summed E-state index contributed by atoms with van der Waals surface area (Å²) in [6, 6.07) is 0. The van der Waals surface area contributed by atoms with Gasteiger partial charge in [-0.15, -0.1) is 0 Å². The van der Waals surface area contributed by atoms with Gasteiger partial charge >= 0.3 is 0 Å². The monoisotopic (exact) mass is 273 g/mol. The molecule has 2 N–H and O–H groups in total. The van der Waals surface area contributed by atoms with Crippen LogP contribution < -0.4 is 5.73 Å². The van der Waals surface area contributed by atoms with E-state index in [1.165, 1.54) is 6.42 Å². The first-order valence-corrected chi connectivity index (χ1v) is 7.81. The van der Waals surface area contributed by atoms with Crippen LogP contribution in [0, 0.1) is 0 Å². The molecule has 0 aromatic heterocycles. The van der Waals surface area contributed by atoms with Crippen LogP contribution in [0.25, 0.3) is 0 Å². The number of ether oxygens (including phenoxy) is 2. The molecule has 0 amide bonds. The summed E-state index contributed by atoms with van der Waals surface area (Å²) in [5.41, 5.74) is 5.46. The highest BCUT2D eigenvalue weighted by molar-refractivity contribution is 4.71. The molecule has 0 fully saturated rings. The van der Waals surface area contributed by atoms with E-state index in [0.29, 0.717) is 0 Å². The fraction of sp³-hybridized carbons (Fsp3) is 1.00. The van der Waals surface area contributed by atoms with Crippen LogP contribution in [0.2, 0.25) is 0 Å². The van der Waals surface area contributed by atoms with E-state index in [1.54, 1.807) is 0 Å². The topological polar surface area (TPSA) is 44.5 Å². The van der Waals surface area contributed by atoms with Crippen molar-refractivity contribution in [2.75, 3.05) is 19.8 Å². The van der Waals surface area contributed by atoms with Crippen molar-refractivity contribution in [3.8, 4) is 0 Å². The molecule has 0 aliphatic rings. The van der Waals surface area contributed by atoms with Gasteiger partial charge in [0.25, 0.3) is 0 Å². The lowest BCUT2D eigenvalue weighted by molar-refractivity contribution is -0.0514. The number of nitrogens with two attached hydrogens (primary N) is 1. The lowest BCUT2D eigenvalue weighted by Crippen LogP contribution is -2.28. The molecule has 0 aliphatic carbocycles. The molecule has 0 aliphatic heterocycles. The third kappa shape index (κ3) is 11.4. The highest BCUT2D eigenvalue weighted by Gasteiger charge is 2.20. The van der Waals surface area contributed by atoms with Crippen molar-refractivity contribution < 1.29 is 9.47 Å². The van der Waals surface area contributed by atoms with Crippen molar-refractivity contribution >= 4 is 0 Å². The number of unbranched alkanes of at least 4 members (excludes halogenated alkanes) is 1. The molecule has 19 heavy (non-hydrogen) atoms. The van der Waals surface area contributed by atoms with E-state index in [-0.39, 0.29) is 11.2 Å². The van der Waals surface area contributed by atoms with Gasteiger partial charge in [-0.3, -0.25) is 0 Å². The minimum Gasteiger partial charge on any atom is -0.376 e. The van der Waals surface area contributed by atoms with E-state index in [2.05, 4.69) is 34.6 Å². The van der Waals surface area contributed by atoms with Crippen LogP contribution in [0.5, 0.6) is 0 Å². The normalized spacial score (nSPS) is 12.9. The second-order valence-corrected chi connectivity index (χ2v) is 6.57. The predicted octanol–water partition coefficient (Wildman–Crippen LogP) is 3.90. The van der Waals surface area contributed by atoms with Gasteiger partial charge < -0.3 is 15.2 Å². The Morgan fingerprint density at radius 3 is 1.74 bits per heavy atom. The molecule has 0 saturated heterocycles. The zero-order valence-corrected chi connectivity index (χ0v) is 13.8. The number of rotatable bonds is 12. The molecule has 0 radical (unpaired) electrons. The molecule has 3 heteroatoms. The van der Waals surface area contributed by atoms with Crippen LogP contribution in [-0.4, -0.2) is 31.0 Å². The van der Waals surface area contributed by atoms with Crippen LogP contribution in [0.1, 0.15) is 73.1 Å². The highest BCUT2D eigenvalue weighted by Crippen LogP contribution is 2.20. The van der Waals surface area contributed by atoms with Crippen molar-refractivity contribution in [2.45, 2.75) is 84.3 Å². The van der Waals surface area contributed by atoms with Gasteiger partial charge in [-0.2, -0.15) is 0 Å². The summed E-state index contributed by atoms with van der Waals surface area (Å²) in [6.07, 6.45) is 6.48. The summed E-state index contributed by atoms with van der Waals surface area (Å²) in [6.45, 7) is 13.2. The molecule has 116 valence electrons. The van der Waals surface area contributed by atoms with Crippen molar-refractivity contribution in [2.24, 2.45) is 5.73 Å². The number of hydrogen-bond donors (Lipinski definition) is 1. The molecule has 0 unspecified atom stereocenters. The minimum absolute atomic E-state index is 0.0278. The van der Waals surface area contributed by atoms with Crippen molar-refractivity contribution in [3.05, 3.63) is 0 Å². The molecule has 0 aromatic rings. The molecule has 3 nitrogen and oxygen atoms in total. The Kier molecular flexibility index (Phi) is 9.67. The summed E-state index contributed by atoms with van der Waals surface area (Å²) < 4.78 is 11.8. The first kappa shape index (κ1) is 18.9. The second kappa shape index (κ2) is 9.73. The van der Waals surface area contributed by atoms with Crippen molar-refractivity contribution in [1.29, 1.82) is 0 Å². The van der Waals surface area contributed by atoms with Gasteiger partial charge in [-0.05, 0) is 66.3 Å². The Balaban J connectivity index is 3.71. The molecule has 0 spiro atoms. The van der Waals surface area contributed by atoms with E-state index >= 15 is 0 Å². The molecule has 0 atom stereocenters. The average molecular weight is 273 g/mol. The van der Waals surface area contributed by atoms with Crippen LogP contribution in [0.3, 0.4) is 0 Å². The zero-order valence-electron chi connectivity index (χ0n) is 13.8.